The van der Waals surface area contributed by atoms with Crippen molar-refractivity contribution in [3.8, 4) is 28.9 Å². The molecule has 0 aliphatic carbocycles. The fourth-order valence-corrected chi connectivity index (χ4v) is 2.79. The summed E-state index contributed by atoms with van der Waals surface area (Å²) in [5.41, 5.74) is 1.12. The second-order valence-electron chi connectivity index (χ2n) is 6.14. The largest absolute Gasteiger partial charge is 0.496 e. The van der Waals surface area contributed by atoms with Crippen molar-refractivity contribution in [3.63, 3.8) is 0 Å². The van der Waals surface area contributed by atoms with Crippen LogP contribution >= 0.6 is 0 Å². The average Bonchev–Trinajstić information content (AvgIpc) is 3.45. The first kappa shape index (κ1) is 18.9. The zero-order valence-corrected chi connectivity index (χ0v) is 15.7. The highest BCUT2D eigenvalue weighted by molar-refractivity contribution is 6.07. The van der Waals surface area contributed by atoms with E-state index in [0.717, 1.165) is 0 Å². The minimum absolute atomic E-state index is 0.0222. The first-order chi connectivity index (χ1) is 14.5. The number of nitrogens with zero attached hydrogens (tertiary/aromatic N) is 2. The molecule has 0 bridgehead atoms. The van der Waals surface area contributed by atoms with Crippen LogP contribution in [-0.4, -0.2) is 34.3 Å². The molecule has 150 valence electrons. The summed E-state index contributed by atoms with van der Waals surface area (Å²) in [6.45, 7) is 0. The van der Waals surface area contributed by atoms with Crippen molar-refractivity contribution < 1.29 is 28.3 Å². The first-order valence-corrected chi connectivity index (χ1v) is 8.75. The van der Waals surface area contributed by atoms with Crippen molar-refractivity contribution in [2.45, 2.75) is 0 Å². The van der Waals surface area contributed by atoms with E-state index in [0.29, 0.717) is 17.0 Å². The lowest BCUT2D eigenvalue weighted by molar-refractivity contribution is 0.0697. The third-order valence-corrected chi connectivity index (χ3v) is 4.22. The van der Waals surface area contributed by atoms with E-state index in [2.05, 4.69) is 15.5 Å². The molecule has 30 heavy (non-hydrogen) atoms. The fourth-order valence-electron chi connectivity index (χ4n) is 2.79. The van der Waals surface area contributed by atoms with Gasteiger partial charge in [0.05, 0.1) is 24.5 Å². The van der Waals surface area contributed by atoms with Gasteiger partial charge in [0, 0.05) is 11.3 Å². The summed E-state index contributed by atoms with van der Waals surface area (Å²) in [5, 5.41) is 19.9. The SMILES string of the molecule is COc1ccc(C(=O)O)cc1C(=O)Nc1cccc(-c2nnc(-c3ccco3)o2)c1. The summed E-state index contributed by atoms with van der Waals surface area (Å²) in [4.78, 5) is 23.9. The molecule has 1 amide bonds. The molecule has 0 aliphatic rings. The summed E-state index contributed by atoms with van der Waals surface area (Å²) in [7, 11) is 1.40. The van der Waals surface area contributed by atoms with Crippen molar-refractivity contribution >= 4 is 17.6 Å². The highest BCUT2D eigenvalue weighted by Gasteiger charge is 2.17. The maximum absolute atomic E-state index is 12.7. The second kappa shape index (κ2) is 7.92. The molecule has 0 fully saturated rings. The molecule has 9 heteroatoms. The molecule has 0 unspecified atom stereocenters. The molecule has 0 saturated heterocycles. The van der Waals surface area contributed by atoms with Gasteiger partial charge in [-0.25, -0.2) is 4.79 Å². The number of benzene rings is 2. The number of aromatic carboxylic acids is 1. The summed E-state index contributed by atoms with van der Waals surface area (Å²) in [5.74, 6) is -0.466. The molecule has 4 aromatic rings. The molecule has 2 aromatic heterocycles. The maximum atomic E-state index is 12.7. The first-order valence-electron chi connectivity index (χ1n) is 8.75. The monoisotopic (exact) mass is 405 g/mol. The van der Waals surface area contributed by atoms with Crippen molar-refractivity contribution in [2.75, 3.05) is 12.4 Å². The van der Waals surface area contributed by atoms with Crippen LogP contribution in [0.3, 0.4) is 0 Å². The maximum Gasteiger partial charge on any atom is 0.335 e. The van der Waals surface area contributed by atoms with Gasteiger partial charge in [-0.2, -0.15) is 0 Å². The Kier molecular flexibility index (Phi) is 5.00. The Balaban J connectivity index is 1.59. The van der Waals surface area contributed by atoms with Crippen molar-refractivity contribution in [3.05, 3.63) is 72.0 Å². The number of ether oxygens (including phenoxy) is 1. The van der Waals surface area contributed by atoms with Crippen molar-refractivity contribution in [1.82, 2.24) is 10.2 Å². The number of anilines is 1. The molecule has 0 radical (unpaired) electrons. The fraction of sp³-hybridized carbons (Fsp3) is 0.0476. The molecule has 2 heterocycles. The van der Waals surface area contributed by atoms with Gasteiger partial charge in [-0.1, -0.05) is 6.07 Å². The lowest BCUT2D eigenvalue weighted by Crippen LogP contribution is -2.14. The highest BCUT2D eigenvalue weighted by Crippen LogP contribution is 2.27. The van der Waals surface area contributed by atoms with E-state index in [9.17, 15) is 14.7 Å². The van der Waals surface area contributed by atoms with Crippen LogP contribution in [0.4, 0.5) is 5.69 Å². The third-order valence-electron chi connectivity index (χ3n) is 4.22. The number of hydrogen-bond acceptors (Lipinski definition) is 7. The minimum atomic E-state index is -1.14. The van der Waals surface area contributed by atoms with Gasteiger partial charge in [-0.15, -0.1) is 10.2 Å². The van der Waals surface area contributed by atoms with Gasteiger partial charge in [-0.05, 0) is 48.5 Å². The predicted molar refractivity (Wildman–Crippen MR) is 105 cm³/mol. The van der Waals surface area contributed by atoms with Gasteiger partial charge in [0.25, 0.3) is 11.8 Å². The molecule has 4 rings (SSSR count). The molecule has 2 aromatic carbocycles. The van der Waals surface area contributed by atoms with Crippen LogP contribution in [0.2, 0.25) is 0 Å². The quantitative estimate of drug-likeness (QED) is 0.493. The molecule has 9 nitrogen and oxygen atoms in total. The minimum Gasteiger partial charge on any atom is -0.496 e. The normalized spacial score (nSPS) is 10.6. The molecule has 0 atom stereocenters. The Morgan fingerprint density at radius 2 is 1.87 bits per heavy atom. The molecular weight excluding hydrogens is 390 g/mol. The number of methoxy groups -OCH3 is 1. The Morgan fingerprint density at radius 3 is 2.60 bits per heavy atom. The third kappa shape index (κ3) is 3.76. The number of aromatic nitrogens is 2. The van der Waals surface area contributed by atoms with E-state index in [-0.39, 0.29) is 28.7 Å². The van der Waals surface area contributed by atoms with E-state index >= 15 is 0 Å². The Morgan fingerprint density at radius 1 is 1.03 bits per heavy atom. The van der Waals surface area contributed by atoms with Crippen LogP contribution in [0.5, 0.6) is 5.75 Å². The Labute approximate surface area is 169 Å². The highest BCUT2D eigenvalue weighted by atomic mass is 16.5. The predicted octanol–water partition coefficient (Wildman–Crippen LogP) is 3.96. The smallest absolute Gasteiger partial charge is 0.335 e. The van der Waals surface area contributed by atoms with Crippen LogP contribution in [0.25, 0.3) is 23.1 Å². The van der Waals surface area contributed by atoms with Crippen molar-refractivity contribution in [1.29, 1.82) is 0 Å². The topological polar surface area (TPSA) is 128 Å². The Bertz CT molecular complexity index is 1210. The summed E-state index contributed by atoms with van der Waals surface area (Å²) < 4.78 is 16.0. The van der Waals surface area contributed by atoms with E-state index < -0.39 is 11.9 Å². The van der Waals surface area contributed by atoms with Crippen LogP contribution in [0.15, 0.2) is 69.7 Å². The summed E-state index contributed by atoms with van der Waals surface area (Å²) in [6.07, 6.45) is 1.50. The lowest BCUT2D eigenvalue weighted by atomic mass is 10.1. The number of rotatable bonds is 6. The summed E-state index contributed by atoms with van der Waals surface area (Å²) >= 11 is 0. The van der Waals surface area contributed by atoms with Gasteiger partial charge in [0.2, 0.25) is 5.89 Å². The average molecular weight is 405 g/mol. The van der Waals surface area contributed by atoms with Gasteiger partial charge >= 0.3 is 5.97 Å². The molecular formula is C21H15N3O6. The van der Waals surface area contributed by atoms with Crippen LogP contribution in [-0.2, 0) is 0 Å². The van der Waals surface area contributed by atoms with E-state index in [1.165, 1.54) is 31.6 Å². The molecule has 2 N–H and O–H groups in total. The number of nitrogens with one attached hydrogen (secondary N) is 1. The van der Waals surface area contributed by atoms with E-state index in [4.69, 9.17) is 13.6 Å². The van der Waals surface area contributed by atoms with Gasteiger partial charge in [-0.3, -0.25) is 4.79 Å². The van der Waals surface area contributed by atoms with Crippen LogP contribution in [0, 0.1) is 0 Å². The number of carbonyl (C=O) groups excluding carboxylic acids is 1. The zero-order valence-electron chi connectivity index (χ0n) is 15.7. The van der Waals surface area contributed by atoms with Crippen molar-refractivity contribution in [2.24, 2.45) is 0 Å². The van der Waals surface area contributed by atoms with E-state index in [1.54, 1.807) is 36.4 Å². The number of carboxylic acid groups (broad SMARTS) is 1. The summed E-state index contributed by atoms with van der Waals surface area (Å²) in [6, 6.07) is 14.3. The number of carbonyl (C=O) groups is 2. The van der Waals surface area contributed by atoms with Gasteiger partial charge in [0.1, 0.15) is 5.75 Å². The zero-order chi connectivity index (χ0) is 21.1. The molecule has 0 spiro atoms. The van der Waals surface area contributed by atoms with Crippen LogP contribution < -0.4 is 10.1 Å². The Hall–Kier alpha value is -4.40. The van der Waals surface area contributed by atoms with Gasteiger partial charge < -0.3 is 24.0 Å². The standard InChI is InChI=1S/C21H15N3O6/c1-28-16-8-7-13(21(26)27)11-15(16)18(25)22-14-5-2-4-12(10-14)19-23-24-20(30-19)17-6-3-9-29-17/h2-11H,1H3,(H,22,25)(H,26,27). The number of carboxylic acids is 1. The lowest BCUT2D eigenvalue weighted by Gasteiger charge is -2.10. The van der Waals surface area contributed by atoms with E-state index in [1.807, 2.05) is 0 Å². The van der Waals surface area contributed by atoms with Crippen LogP contribution in [0.1, 0.15) is 20.7 Å². The number of hydrogen-bond donors (Lipinski definition) is 2. The number of amides is 1. The molecule has 0 aliphatic heterocycles. The molecule has 0 saturated carbocycles. The van der Waals surface area contributed by atoms with Gasteiger partial charge in [0.15, 0.2) is 5.76 Å². The second-order valence-corrected chi connectivity index (χ2v) is 6.14. The number of furan rings is 1.